The number of amides is 1. The Bertz CT molecular complexity index is 852. The second-order valence-electron chi connectivity index (χ2n) is 7.66. The van der Waals surface area contributed by atoms with Crippen LogP contribution >= 0.6 is 0 Å². The Balaban J connectivity index is 1.32. The van der Waals surface area contributed by atoms with Crippen molar-refractivity contribution in [2.45, 2.75) is 25.4 Å². The number of carbonyl (C=O) groups excluding carboxylic acids is 1. The summed E-state index contributed by atoms with van der Waals surface area (Å²) >= 11 is 0. The van der Waals surface area contributed by atoms with E-state index in [4.69, 9.17) is 0 Å². The lowest BCUT2D eigenvalue weighted by atomic mass is 10.0. The summed E-state index contributed by atoms with van der Waals surface area (Å²) < 4.78 is 0. The van der Waals surface area contributed by atoms with Crippen molar-refractivity contribution < 1.29 is 4.79 Å². The first-order valence-electron chi connectivity index (χ1n) is 10.0. The quantitative estimate of drug-likeness (QED) is 0.798. The number of benzene rings is 2. The molecule has 0 radical (unpaired) electrons. The molecule has 1 unspecified atom stereocenters. The molecule has 1 saturated heterocycles. The van der Waals surface area contributed by atoms with Crippen molar-refractivity contribution in [3.05, 3.63) is 77.9 Å². The van der Waals surface area contributed by atoms with Gasteiger partial charge in [0.05, 0.1) is 11.6 Å². The number of carbonyl (C=O) groups is 1. The maximum atomic E-state index is 13.0. The number of hydrogen-bond donors (Lipinski definition) is 0. The van der Waals surface area contributed by atoms with Crippen LogP contribution in [-0.2, 0) is 11.3 Å². The monoisotopic (exact) mass is 373 g/mol. The van der Waals surface area contributed by atoms with Crippen molar-refractivity contribution >= 4 is 17.8 Å². The van der Waals surface area contributed by atoms with Crippen LogP contribution in [-0.4, -0.2) is 48.1 Å². The van der Waals surface area contributed by atoms with Gasteiger partial charge in [-0.2, -0.15) is 0 Å². The molecule has 2 aliphatic rings. The third-order valence-electron chi connectivity index (χ3n) is 5.77. The van der Waals surface area contributed by atoms with Gasteiger partial charge in [-0.25, -0.2) is 0 Å². The number of hydrogen-bond acceptors (Lipinski definition) is 3. The highest BCUT2D eigenvalue weighted by atomic mass is 16.2. The molecule has 0 N–H and O–H groups in total. The molecule has 0 saturated carbocycles. The van der Waals surface area contributed by atoms with Gasteiger partial charge in [-0.3, -0.25) is 14.7 Å². The lowest BCUT2D eigenvalue weighted by Gasteiger charge is -2.37. The van der Waals surface area contributed by atoms with Crippen LogP contribution in [0, 0.1) is 5.92 Å². The zero-order valence-corrected chi connectivity index (χ0v) is 16.4. The fraction of sp³-hybridized carbons (Fsp3) is 0.333. The summed E-state index contributed by atoms with van der Waals surface area (Å²) in [5, 5.41) is 0. The van der Waals surface area contributed by atoms with E-state index in [0.29, 0.717) is 6.04 Å². The summed E-state index contributed by atoms with van der Waals surface area (Å²) in [4.78, 5) is 21.9. The highest BCUT2D eigenvalue weighted by molar-refractivity contribution is 6.01. The Morgan fingerprint density at radius 2 is 1.68 bits per heavy atom. The molecule has 2 aliphatic heterocycles. The average molecular weight is 374 g/mol. The normalized spacial score (nSPS) is 20.2. The summed E-state index contributed by atoms with van der Waals surface area (Å²) in [6, 6.07) is 20.9. The van der Waals surface area contributed by atoms with E-state index >= 15 is 0 Å². The Kier molecular flexibility index (Phi) is 5.68. The van der Waals surface area contributed by atoms with Gasteiger partial charge >= 0.3 is 0 Å². The standard InChI is InChI=1S/C24H27N3O/c1-26(22-12-14-27(15-13-22)18-19-8-4-2-5-9-19)24(28)21-16-23(25-17-21)20-10-6-3-7-11-20/h2-11,16-17,21-22H,12-15,18H2,1H3. The summed E-state index contributed by atoms with van der Waals surface area (Å²) in [7, 11) is 1.95. The predicted molar refractivity (Wildman–Crippen MR) is 114 cm³/mol. The molecular formula is C24H27N3O. The number of likely N-dealkylation sites (tertiary alicyclic amines) is 1. The fourth-order valence-corrected chi connectivity index (χ4v) is 4.05. The third-order valence-corrected chi connectivity index (χ3v) is 5.77. The molecule has 2 aromatic rings. The van der Waals surface area contributed by atoms with E-state index in [1.807, 2.05) is 48.4 Å². The maximum absolute atomic E-state index is 13.0. The first-order chi connectivity index (χ1) is 13.7. The van der Waals surface area contributed by atoms with Crippen LogP contribution < -0.4 is 0 Å². The molecule has 4 rings (SSSR count). The van der Waals surface area contributed by atoms with Crippen LogP contribution in [0.25, 0.3) is 5.70 Å². The Morgan fingerprint density at radius 1 is 1.04 bits per heavy atom. The first-order valence-corrected chi connectivity index (χ1v) is 10.0. The average Bonchev–Trinajstić information content (AvgIpc) is 3.25. The smallest absolute Gasteiger partial charge is 0.235 e. The summed E-state index contributed by atoms with van der Waals surface area (Å²) in [6.07, 6.45) is 5.81. The van der Waals surface area contributed by atoms with Gasteiger partial charge in [-0.1, -0.05) is 60.7 Å². The zero-order chi connectivity index (χ0) is 19.3. The van der Waals surface area contributed by atoms with Gasteiger partial charge in [-0.05, 0) is 30.0 Å². The highest BCUT2D eigenvalue weighted by Gasteiger charge is 2.29. The van der Waals surface area contributed by atoms with Crippen molar-refractivity contribution in [2.75, 3.05) is 20.1 Å². The Labute approximate surface area is 167 Å². The molecular weight excluding hydrogens is 346 g/mol. The van der Waals surface area contributed by atoms with Gasteiger partial charge in [0.1, 0.15) is 0 Å². The van der Waals surface area contributed by atoms with E-state index in [2.05, 4.69) is 40.2 Å². The van der Waals surface area contributed by atoms with E-state index in [9.17, 15) is 4.79 Å². The van der Waals surface area contributed by atoms with Crippen molar-refractivity contribution in [3.63, 3.8) is 0 Å². The number of rotatable bonds is 5. The van der Waals surface area contributed by atoms with Crippen molar-refractivity contribution in [3.8, 4) is 0 Å². The minimum atomic E-state index is -0.248. The highest BCUT2D eigenvalue weighted by Crippen LogP contribution is 2.25. The number of nitrogens with zero attached hydrogens (tertiary/aromatic N) is 3. The summed E-state index contributed by atoms with van der Waals surface area (Å²) in [6.45, 7) is 3.05. The molecule has 0 aromatic heterocycles. The van der Waals surface area contributed by atoms with Crippen LogP contribution in [0.2, 0.25) is 0 Å². The first kappa shape index (κ1) is 18.6. The molecule has 28 heavy (non-hydrogen) atoms. The Morgan fingerprint density at radius 3 is 2.36 bits per heavy atom. The maximum Gasteiger partial charge on any atom is 0.235 e. The SMILES string of the molecule is CN(C(=O)C1C=NC(c2ccccc2)=C1)C1CCN(Cc2ccccc2)CC1. The molecule has 4 nitrogen and oxygen atoms in total. The van der Waals surface area contributed by atoms with Gasteiger partial charge in [0, 0.05) is 38.9 Å². The molecule has 0 spiro atoms. The topological polar surface area (TPSA) is 35.9 Å². The van der Waals surface area contributed by atoms with Gasteiger partial charge < -0.3 is 4.90 Å². The van der Waals surface area contributed by atoms with Crippen molar-refractivity contribution in [1.82, 2.24) is 9.80 Å². The van der Waals surface area contributed by atoms with Gasteiger partial charge in [0.2, 0.25) is 5.91 Å². The molecule has 0 aliphatic carbocycles. The van der Waals surface area contributed by atoms with Crippen molar-refractivity contribution in [2.24, 2.45) is 10.9 Å². The molecule has 1 fully saturated rings. The van der Waals surface area contributed by atoms with Crippen molar-refractivity contribution in [1.29, 1.82) is 0 Å². The van der Waals surface area contributed by atoms with Crippen LogP contribution in [0.3, 0.4) is 0 Å². The van der Waals surface area contributed by atoms with Gasteiger partial charge in [0.15, 0.2) is 0 Å². The van der Waals surface area contributed by atoms with E-state index in [0.717, 1.165) is 43.7 Å². The van der Waals surface area contributed by atoms with Crippen LogP contribution in [0.1, 0.15) is 24.0 Å². The van der Waals surface area contributed by atoms with E-state index < -0.39 is 0 Å². The molecule has 1 atom stereocenters. The largest absolute Gasteiger partial charge is 0.342 e. The summed E-state index contributed by atoms with van der Waals surface area (Å²) in [5.41, 5.74) is 3.31. The van der Waals surface area contributed by atoms with Crippen LogP contribution in [0.15, 0.2) is 71.7 Å². The molecule has 0 bridgehead atoms. The van der Waals surface area contributed by atoms with E-state index in [1.54, 1.807) is 6.21 Å². The second kappa shape index (κ2) is 8.53. The minimum absolute atomic E-state index is 0.149. The molecule has 4 heteroatoms. The predicted octanol–water partition coefficient (Wildman–Crippen LogP) is 3.85. The second-order valence-corrected chi connectivity index (χ2v) is 7.66. The Hall–Kier alpha value is -2.72. The van der Waals surface area contributed by atoms with Gasteiger partial charge in [-0.15, -0.1) is 0 Å². The molecule has 144 valence electrons. The van der Waals surface area contributed by atoms with Crippen LogP contribution in [0.4, 0.5) is 0 Å². The number of aliphatic imine (C=N–C) groups is 1. The van der Waals surface area contributed by atoms with Gasteiger partial charge in [0.25, 0.3) is 0 Å². The molecule has 1 amide bonds. The van der Waals surface area contributed by atoms with E-state index in [1.165, 1.54) is 5.56 Å². The number of piperidine rings is 1. The molecule has 2 heterocycles. The lowest BCUT2D eigenvalue weighted by Crippen LogP contribution is -2.47. The minimum Gasteiger partial charge on any atom is -0.342 e. The summed E-state index contributed by atoms with van der Waals surface area (Å²) in [5.74, 6) is -0.0984. The van der Waals surface area contributed by atoms with Crippen LogP contribution in [0.5, 0.6) is 0 Å². The zero-order valence-electron chi connectivity index (χ0n) is 16.4. The third kappa shape index (κ3) is 4.23. The fourth-order valence-electron chi connectivity index (χ4n) is 4.05. The lowest BCUT2D eigenvalue weighted by molar-refractivity contribution is -0.133. The van der Waals surface area contributed by atoms with E-state index in [-0.39, 0.29) is 11.8 Å². The molecule has 2 aromatic carbocycles.